The normalized spacial score (nSPS) is 13.3. The molecular weight excluding hydrogens is 229 g/mol. The van der Waals surface area contributed by atoms with Gasteiger partial charge in [0, 0.05) is 18.1 Å². The van der Waals surface area contributed by atoms with Gasteiger partial charge in [0.1, 0.15) is 5.82 Å². The van der Waals surface area contributed by atoms with Gasteiger partial charge in [-0.05, 0) is 36.4 Å². The van der Waals surface area contributed by atoms with E-state index in [0.29, 0.717) is 0 Å². The van der Waals surface area contributed by atoms with E-state index in [2.05, 4.69) is 0 Å². The van der Waals surface area contributed by atoms with Crippen LogP contribution in [-0.4, -0.2) is 11.0 Å². The Morgan fingerprint density at radius 2 is 1.67 bits per heavy atom. The minimum absolute atomic E-state index is 0.296. The molecule has 0 aliphatic rings. The molecule has 1 atom stereocenters. The quantitative estimate of drug-likeness (QED) is 0.350. The van der Waals surface area contributed by atoms with Crippen LogP contribution in [0.1, 0.15) is 24.1 Å². The van der Waals surface area contributed by atoms with Crippen LogP contribution in [0.25, 0.3) is 0 Å². The highest BCUT2D eigenvalue weighted by Crippen LogP contribution is 2.16. The van der Waals surface area contributed by atoms with Crippen molar-refractivity contribution >= 4 is 6.21 Å². The Labute approximate surface area is 106 Å². The highest BCUT2D eigenvalue weighted by Gasteiger charge is 2.12. The summed E-state index contributed by atoms with van der Waals surface area (Å²) < 4.78 is 13.7. The minimum Gasteiger partial charge on any atom is -0.623 e. The molecule has 2 aromatic rings. The van der Waals surface area contributed by atoms with Gasteiger partial charge >= 0.3 is 0 Å². The number of hydroxylamine groups is 1. The van der Waals surface area contributed by atoms with Crippen LogP contribution in [-0.2, 0) is 0 Å². The number of halogens is 1. The molecule has 0 aliphatic carbocycles. The minimum atomic E-state index is -0.342. The van der Waals surface area contributed by atoms with Crippen LogP contribution in [0.15, 0.2) is 54.6 Å². The van der Waals surface area contributed by atoms with E-state index in [1.54, 1.807) is 19.1 Å². The summed E-state index contributed by atoms with van der Waals surface area (Å²) in [5, 5.41) is 12.0. The lowest BCUT2D eigenvalue weighted by Gasteiger charge is -2.12. The molecule has 18 heavy (non-hydrogen) atoms. The zero-order valence-electron chi connectivity index (χ0n) is 10.1. The number of nitrogens with zero attached hydrogens (tertiary/aromatic N) is 1. The third-order valence-corrected chi connectivity index (χ3v) is 2.81. The third kappa shape index (κ3) is 2.94. The predicted octanol–water partition coefficient (Wildman–Crippen LogP) is 3.52. The molecule has 2 nitrogen and oxygen atoms in total. The molecule has 2 rings (SSSR count). The summed E-state index contributed by atoms with van der Waals surface area (Å²) in [4.78, 5) is 0. The van der Waals surface area contributed by atoms with E-state index in [4.69, 9.17) is 0 Å². The van der Waals surface area contributed by atoms with E-state index in [0.717, 1.165) is 15.9 Å². The molecule has 0 aromatic heterocycles. The molecule has 92 valence electrons. The first kappa shape index (κ1) is 12.3. The van der Waals surface area contributed by atoms with Gasteiger partial charge in [-0.1, -0.05) is 18.2 Å². The van der Waals surface area contributed by atoms with E-state index in [1.165, 1.54) is 18.3 Å². The fourth-order valence-corrected chi connectivity index (χ4v) is 1.69. The highest BCUT2D eigenvalue weighted by atomic mass is 19.1. The van der Waals surface area contributed by atoms with Crippen LogP contribution >= 0.6 is 0 Å². The van der Waals surface area contributed by atoms with Gasteiger partial charge in [0.2, 0.25) is 0 Å². The molecule has 0 fully saturated rings. The van der Waals surface area contributed by atoms with E-state index in [9.17, 15) is 9.60 Å². The molecule has 0 amide bonds. The number of hydrogen-bond acceptors (Lipinski definition) is 1. The fraction of sp³-hybridized carbons (Fsp3) is 0.133. The van der Waals surface area contributed by atoms with Crippen molar-refractivity contribution in [3.8, 4) is 0 Å². The SMILES string of the molecule is CC(c1ccc(F)cc1)[N+]([O-])=Cc1ccccc1. The van der Waals surface area contributed by atoms with Crippen molar-refractivity contribution in [2.75, 3.05) is 0 Å². The maximum atomic E-state index is 12.8. The third-order valence-electron chi connectivity index (χ3n) is 2.81. The van der Waals surface area contributed by atoms with E-state index in [1.807, 2.05) is 30.3 Å². The molecule has 0 spiro atoms. The first-order valence-electron chi connectivity index (χ1n) is 5.77. The molecule has 0 N–H and O–H groups in total. The molecule has 3 heteroatoms. The lowest BCUT2D eigenvalue weighted by Crippen LogP contribution is -2.11. The second-order valence-electron chi connectivity index (χ2n) is 4.13. The Balaban J connectivity index is 2.21. The van der Waals surface area contributed by atoms with Gasteiger partial charge in [-0.15, -0.1) is 0 Å². The van der Waals surface area contributed by atoms with Gasteiger partial charge in [0.25, 0.3) is 0 Å². The standard InChI is InChI=1S/C15H14FNO/c1-12(14-7-9-15(16)10-8-14)17(18)11-13-5-3-2-4-6-13/h2-12H,1H3. The van der Waals surface area contributed by atoms with Crippen molar-refractivity contribution in [3.05, 3.63) is 76.7 Å². The number of benzene rings is 2. The average Bonchev–Trinajstić information content (AvgIpc) is 2.40. The summed E-state index contributed by atoms with van der Waals surface area (Å²) in [7, 11) is 0. The first-order valence-corrected chi connectivity index (χ1v) is 5.77. The van der Waals surface area contributed by atoms with Gasteiger partial charge in [-0.25, -0.2) is 9.13 Å². The van der Waals surface area contributed by atoms with Crippen LogP contribution in [0.4, 0.5) is 4.39 Å². The zero-order valence-corrected chi connectivity index (χ0v) is 10.1. The van der Waals surface area contributed by atoms with Gasteiger partial charge < -0.3 is 5.21 Å². The van der Waals surface area contributed by atoms with Crippen LogP contribution in [0.5, 0.6) is 0 Å². The summed E-state index contributed by atoms with van der Waals surface area (Å²) in [5.74, 6) is -0.296. The highest BCUT2D eigenvalue weighted by molar-refractivity contribution is 5.75. The van der Waals surface area contributed by atoms with Crippen molar-refractivity contribution in [1.29, 1.82) is 0 Å². The molecule has 0 heterocycles. The molecule has 0 saturated carbocycles. The van der Waals surface area contributed by atoms with Crippen LogP contribution < -0.4 is 0 Å². The second-order valence-corrected chi connectivity index (χ2v) is 4.13. The Hall–Kier alpha value is -2.16. The summed E-state index contributed by atoms with van der Waals surface area (Å²) in [6.07, 6.45) is 1.54. The Morgan fingerprint density at radius 3 is 2.28 bits per heavy atom. The molecule has 0 aliphatic heterocycles. The van der Waals surface area contributed by atoms with Crippen molar-refractivity contribution in [3.63, 3.8) is 0 Å². The monoisotopic (exact) mass is 243 g/mol. The molecule has 2 aromatic carbocycles. The van der Waals surface area contributed by atoms with E-state index >= 15 is 0 Å². The van der Waals surface area contributed by atoms with Crippen LogP contribution in [0.2, 0.25) is 0 Å². The topological polar surface area (TPSA) is 26.1 Å². The molecule has 0 radical (unpaired) electrons. The van der Waals surface area contributed by atoms with Crippen LogP contribution in [0.3, 0.4) is 0 Å². The molecule has 0 saturated heterocycles. The van der Waals surface area contributed by atoms with Crippen molar-refractivity contribution < 1.29 is 9.13 Å². The maximum Gasteiger partial charge on any atom is 0.185 e. The van der Waals surface area contributed by atoms with Gasteiger partial charge in [0.05, 0.1) is 0 Å². The van der Waals surface area contributed by atoms with Crippen molar-refractivity contribution in [2.24, 2.45) is 0 Å². The molecular formula is C15H14FNO. The Bertz CT molecular complexity index is 534. The Kier molecular flexibility index (Phi) is 3.72. The van der Waals surface area contributed by atoms with Gasteiger partial charge in [0.15, 0.2) is 12.3 Å². The second kappa shape index (κ2) is 5.45. The number of hydrogen-bond donors (Lipinski definition) is 0. The molecule has 0 bridgehead atoms. The summed E-state index contributed by atoms with van der Waals surface area (Å²) >= 11 is 0. The average molecular weight is 243 g/mol. The predicted molar refractivity (Wildman–Crippen MR) is 70.1 cm³/mol. The summed E-state index contributed by atoms with van der Waals surface area (Å²) in [6, 6.07) is 15.0. The first-order chi connectivity index (χ1) is 8.66. The lowest BCUT2D eigenvalue weighted by atomic mass is 10.1. The zero-order chi connectivity index (χ0) is 13.0. The van der Waals surface area contributed by atoms with Gasteiger partial charge in [-0.2, -0.15) is 0 Å². The Morgan fingerprint density at radius 1 is 1.06 bits per heavy atom. The van der Waals surface area contributed by atoms with Crippen molar-refractivity contribution in [2.45, 2.75) is 13.0 Å². The molecule has 1 unspecified atom stereocenters. The number of rotatable bonds is 3. The lowest BCUT2D eigenvalue weighted by molar-refractivity contribution is -0.498. The van der Waals surface area contributed by atoms with E-state index < -0.39 is 0 Å². The maximum absolute atomic E-state index is 12.8. The fourth-order valence-electron chi connectivity index (χ4n) is 1.69. The summed E-state index contributed by atoms with van der Waals surface area (Å²) in [5.41, 5.74) is 1.64. The summed E-state index contributed by atoms with van der Waals surface area (Å²) in [6.45, 7) is 1.79. The van der Waals surface area contributed by atoms with Gasteiger partial charge in [-0.3, -0.25) is 0 Å². The largest absolute Gasteiger partial charge is 0.623 e. The smallest absolute Gasteiger partial charge is 0.185 e. The van der Waals surface area contributed by atoms with Crippen molar-refractivity contribution in [1.82, 2.24) is 0 Å². The van der Waals surface area contributed by atoms with E-state index in [-0.39, 0.29) is 11.9 Å². The van der Waals surface area contributed by atoms with Crippen LogP contribution in [0, 0.1) is 11.0 Å².